The van der Waals surface area contributed by atoms with Gasteiger partial charge in [0.1, 0.15) is 11.3 Å². The summed E-state index contributed by atoms with van der Waals surface area (Å²) < 4.78 is 15.6. The van der Waals surface area contributed by atoms with Crippen molar-refractivity contribution in [1.29, 1.82) is 0 Å². The fraction of sp³-hybridized carbons (Fsp3) is 0.261. The SMILES string of the molecule is COc1ccc(C(=O)NC(=O)COC(=O)Cc2coc3cc4c(cc23)CCC4)cc1. The van der Waals surface area contributed by atoms with Crippen molar-refractivity contribution >= 4 is 28.8 Å². The highest BCUT2D eigenvalue weighted by Gasteiger charge is 2.18. The minimum atomic E-state index is -0.695. The molecule has 0 fully saturated rings. The normalized spacial score (nSPS) is 12.4. The summed E-state index contributed by atoms with van der Waals surface area (Å²) in [6.07, 6.45) is 4.75. The molecule has 0 unspecified atom stereocenters. The molecule has 1 heterocycles. The van der Waals surface area contributed by atoms with Gasteiger partial charge in [-0.25, -0.2) is 0 Å². The van der Waals surface area contributed by atoms with Crippen molar-refractivity contribution in [2.75, 3.05) is 13.7 Å². The fourth-order valence-electron chi connectivity index (χ4n) is 3.61. The number of carbonyl (C=O) groups excluding carboxylic acids is 3. The minimum absolute atomic E-state index is 0.00844. The van der Waals surface area contributed by atoms with Gasteiger partial charge in [-0.05, 0) is 66.8 Å². The van der Waals surface area contributed by atoms with Gasteiger partial charge < -0.3 is 13.9 Å². The number of imide groups is 1. The van der Waals surface area contributed by atoms with E-state index in [0.29, 0.717) is 11.3 Å². The van der Waals surface area contributed by atoms with Crippen molar-refractivity contribution in [2.24, 2.45) is 0 Å². The summed E-state index contributed by atoms with van der Waals surface area (Å²) in [5.74, 6) is -1.23. The maximum absolute atomic E-state index is 12.2. The molecule has 7 heteroatoms. The highest BCUT2D eigenvalue weighted by atomic mass is 16.5. The Bertz CT molecular complexity index is 1110. The number of nitrogens with one attached hydrogen (secondary N) is 1. The average Bonchev–Trinajstić information content (AvgIpc) is 3.37. The van der Waals surface area contributed by atoms with Crippen LogP contribution in [-0.4, -0.2) is 31.5 Å². The number of hydrogen-bond acceptors (Lipinski definition) is 6. The van der Waals surface area contributed by atoms with Gasteiger partial charge in [-0.2, -0.15) is 0 Å². The topological polar surface area (TPSA) is 94.8 Å². The Kier molecular flexibility index (Phi) is 5.52. The van der Waals surface area contributed by atoms with Crippen molar-refractivity contribution < 1.29 is 28.3 Å². The maximum atomic E-state index is 12.2. The predicted octanol–water partition coefficient (Wildman–Crippen LogP) is 2.97. The number of fused-ring (bicyclic) bond motifs is 2. The lowest BCUT2D eigenvalue weighted by atomic mass is 10.0. The lowest BCUT2D eigenvalue weighted by Gasteiger charge is -2.06. The molecule has 1 aliphatic rings. The molecule has 0 atom stereocenters. The van der Waals surface area contributed by atoms with E-state index in [0.717, 1.165) is 35.8 Å². The summed E-state index contributed by atoms with van der Waals surface area (Å²) in [5.41, 5.74) is 4.35. The van der Waals surface area contributed by atoms with Gasteiger partial charge >= 0.3 is 5.97 Å². The van der Waals surface area contributed by atoms with E-state index >= 15 is 0 Å². The Morgan fingerprint density at radius 1 is 1.07 bits per heavy atom. The summed E-state index contributed by atoms with van der Waals surface area (Å²) >= 11 is 0. The molecule has 4 rings (SSSR count). The average molecular weight is 407 g/mol. The first-order chi connectivity index (χ1) is 14.5. The van der Waals surface area contributed by atoms with E-state index in [1.165, 1.54) is 30.4 Å². The lowest BCUT2D eigenvalue weighted by Crippen LogP contribution is -2.34. The van der Waals surface area contributed by atoms with Crippen LogP contribution in [0.1, 0.15) is 33.5 Å². The Labute approximate surface area is 173 Å². The standard InChI is InChI=1S/C23H21NO6/c1-28-18-7-5-14(6-8-18)23(27)24-21(25)13-30-22(26)11-17-12-29-20-10-16-4-2-3-15(16)9-19(17)20/h5-10,12H,2-4,11,13H2,1H3,(H,24,25,27). The number of esters is 1. The number of methoxy groups -OCH3 is 1. The van der Waals surface area contributed by atoms with E-state index in [1.54, 1.807) is 18.4 Å². The van der Waals surface area contributed by atoms with Crippen LogP contribution in [0.2, 0.25) is 0 Å². The van der Waals surface area contributed by atoms with Crippen LogP contribution in [0.25, 0.3) is 11.0 Å². The Hall–Kier alpha value is -3.61. The first-order valence-corrected chi connectivity index (χ1v) is 9.69. The highest BCUT2D eigenvalue weighted by molar-refractivity contribution is 6.05. The van der Waals surface area contributed by atoms with E-state index in [-0.39, 0.29) is 6.42 Å². The monoisotopic (exact) mass is 407 g/mol. The maximum Gasteiger partial charge on any atom is 0.310 e. The minimum Gasteiger partial charge on any atom is -0.497 e. The number of aryl methyl sites for hydroxylation is 2. The predicted molar refractivity (Wildman–Crippen MR) is 108 cm³/mol. The molecule has 0 aliphatic heterocycles. The van der Waals surface area contributed by atoms with Crippen LogP contribution in [-0.2, 0) is 33.6 Å². The molecule has 1 aromatic heterocycles. The van der Waals surface area contributed by atoms with Gasteiger partial charge in [-0.3, -0.25) is 19.7 Å². The van der Waals surface area contributed by atoms with Crippen LogP contribution in [0.15, 0.2) is 47.1 Å². The molecule has 0 spiro atoms. The fourth-order valence-corrected chi connectivity index (χ4v) is 3.61. The number of amides is 2. The van der Waals surface area contributed by atoms with Crippen LogP contribution in [0.3, 0.4) is 0 Å². The van der Waals surface area contributed by atoms with Crippen molar-refractivity contribution in [3.05, 3.63) is 64.9 Å². The van der Waals surface area contributed by atoms with Crippen molar-refractivity contribution in [1.82, 2.24) is 5.32 Å². The quantitative estimate of drug-likeness (QED) is 0.632. The number of furan rings is 1. The molecule has 0 saturated carbocycles. The summed E-state index contributed by atoms with van der Waals surface area (Å²) in [7, 11) is 1.52. The molecule has 0 radical (unpaired) electrons. The van der Waals surface area contributed by atoms with E-state index in [1.807, 2.05) is 6.07 Å². The molecule has 154 valence electrons. The second-order valence-electron chi connectivity index (χ2n) is 7.17. The molecule has 1 aliphatic carbocycles. The second-order valence-corrected chi connectivity index (χ2v) is 7.17. The largest absolute Gasteiger partial charge is 0.497 e. The van der Waals surface area contributed by atoms with Crippen molar-refractivity contribution in [3.63, 3.8) is 0 Å². The van der Waals surface area contributed by atoms with E-state index < -0.39 is 24.4 Å². The summed E-state index contributed by atoms with van der Waals surface area (Å²) in [6.45, 7) is -0.536. The molecule has 2 amide bonds. The Balaban J connectivity index is 1.30. The van der Waals surface area contributed by atoms with Gasteiger partial charge in [0.2, 0.25) is 0 Å². The van der Waals surface area contributed by atoms with Gasteiger partial charge in [-0.1, -0.05) is 0 Å². The van der Waals surface area contributed by atoms with Gasteiger partial charge in [-0.15, -0.1) is 0 Å². The molecule has 7 nitrogen and oxygen atoms in total. The van der Waals surface area contributed by atoms with Gasteiger partial charge in [0, 0.05) is 16.5 Å². The number of carbonyl (C=O) groups is 3. The van der Waals surface area contributed by atoms with Gasteiger partial charge in [0.15, 0.2) is 6.61 Å². The lowest BCUT2D eigenvalue weighted by molar-refractivity contribution is -0.147. The smallest absolute Gasteiger partial charge is 0.310 e. The van der Waals surface area contributed by atoms with Crippen LogP contribution in [0.4, 0.5) is 0 Å². The molecule has 3 aromatic rings. The summed E-state index contributed by atoms with van der Waals surface area (Å²) in [4.78, 5) is 36.2. The zero-order valence-electron chi connectivity index (χ0n) is 16.5. The van der Waals surface area contributed by atoms with E-state index in [9.17, 15) is 14.4 Å². The second kappa shape index (κ2) is 8.41. The van der Waals surface area contributed by atoms with Crippen LogP contribution in [0, 0.1) is 0 Å². The van der Waals surface area contributed by atoms with Crippen LogP contribution >= 0.6 is 0 Å². The molecule has 0 bridgehead atoms. The Morgan fingerprint density at radius 2 is 1.80 bits per heavy atom. The zero-order valence-corrected chi connectivity index (χ0v) is 16.5. The van der Waals surface area contributed by atoms with Gasteiger partial charge in [0.25, 0.3) is 11.8 Å². The third-order valence-corrected chi connectivity index (χ3v) is 5.17. The van der Waals surface area contributed by atoms with E-state index in [4.69, 9.17) is 13.9 Å². The highest BCUT2D eigenvalue weighted by Crippen LogP contribution is 2.30. The number of hydrogen-bond donors (Lipinski definition) is 1. The number of benzene rings is 2. The third kappa shape index (κ3) is 4.20. The zero-order chi connectivity index (χ0) is 21.1. The first-order valence-electron chi connectivity index (χ1n) is 9.69. The van der Waals surface area contributed by atoms with E-state index in [2.05, 4.69) is 11.4 Å². The van der Waals surface area contributed by atoms with Crippen molar-refractivity contribution in [2.45, 2.75) is 25.7 Å². The third-order valence-electron chi connectivity index (χ3n) is 5.17. The Morgan fingerprint density at radius 3 is 2.53 bits per heavy atom. The molecule has 1 N–H and O–H groups in total. The van der Waals surface area contributed by atoms with Crippen LogP contribution in [0.5, 0.6) is 5.75 Å². The molecular weight excluding hydrogens is 386 g/mol. The molecule has 0 saturated heterocycles. The molecule has 30 heavy (non-hydrogen) atoms. The van der Waals surface area contributed by atoms with Gasteiger partial charge in [0.05, 0.1) is 19.8 Å². The number of ether oxygens (including phenoxy) is 2. The van der Waals surface area contributed by atoms with Crippen molar-refractivity contribution in [3.8, 4) is 5.75 Å². The summed E-state index contributed by atoms with van der Waals surface area (Å²) in [6, 6.07) is 10.4. The number of rotatable bonds is 6. The first kappa shape index (κ1) is 19.7. The molecule has 2 aromatic carbocycles. The summed E-state index contributed by atoms with van der Waals surface area (Å²) in [5, 5.41) is 3.09. The van der Waals surface area contributed by atoms with Crippen LogP contribution < -0.4 is 10.1 Å². The molecular formula is C23H21NO6.